The maximum absolute atomic E-state index is 6.21. The highest BCUT2D eigenvalue weighted by atomic mass is 35.5. The lowest BCUT2D eigenvalue weighted by molar-refractivity contribution is 0.174. The van der Waals surface area contributed by atoms with Crippen LogP contribution in [0.2, 0.25) is 5.02 Å². The van der Waals surface area contributed by atoms with E-state index in [1.165, 1.54) is 11.8 Å². The molecule has 0 amide bonds. The van der Waals surface area contributed by atoms with E-state index in [0.717, 1.165) is 0 Å². The van der Waals surface area contributed by atoms with Gasteiger partial charge in [-0.3, -0.25) is 0 Å². The minimum atomic E-state index is 0.140. The summed E-state index contributed by atoms with van der Waals surface area (Å²) in [6, 6.07) is 10.5. The molecular formula is C18H13ClN6O4. The van der Waals surface area contributed by atoms with Crippen LogP contribution in [0, 0.1) is 0 Å². The Kier molecular flexibility index (Phi) is 3.98. The van der Waals surface area contributed by atoms with Gasteiger partial charge in [0, 0.05) is 5.56 Å². The van der Waals surface area contributed by atoms with Gasteiger partial charge in [0.25, 0.3) is 5.89 Å². The quantitative estimate of drug-likeness (QED) is 0.538. The molecule has 0 aliphatic carbocycles. The number of rotatable bonds is 4. The van der Waals surface area contributed by atoms with Gasteiger partial charge >= 0.3 is 0 Å². The van der Waals surface area contributed by atoms with Crippen molar-refractivity contribution < 1.29 is 18.7 Å². The first-order valence-electron chi connectivity index (χ1n) is 8.43. The number of nitrogens with zero attached hydrogens (tertiary/aromatic N) is 5. The zero-order chi connectivity index (χ0) is 20.0. The van der Waals surface area contributed by atoms with Gasteiger partial charge in [0.05, 0.1) is 17.8 Å². The standard InChI is InChI=1S/C18H13ClN6O4/c1-26-12-5-3-10(7-11(12)19)25-16(20)15(22-24-25)18-21-17(23-29-18)9-2-4-13-14(6-9)28-8-27-13/h2-7H,8,20H2,1H3. The summed E-state index contributed by atoms with van der Waals surface area (Å²) >= 11 is 6.18. The maximum Gasteiger partial charge on any atom is 0.282 e. The van der Waals surface area contributed by atoms with Crippen LogP contribution in [0.4, 0.5) is 5.82 Å². The van der Waals surface area contributed by atoms with Crippen LogP contribution >= 0.6 is 11.6 Å². The molecule has 0 saturated carbocycles. The molecule has 11 heteroatoms. The van der Waals surface area contributed by atoms with Gasteiger partial charge in [0.1, 0.15) is 5.75 Å². The van der Waals surface area contributed by atoms with Crippen LogP contribution in [0.15, 0.2) is 40.9 Å². The van der Waals surface area contributed by atoms with Gasteiger partial charge in [-0.1, -0.05) is 22.0 Å². The second kappa shape index (κ2) is 6.67. The third-order valence-corrected chi connectivity index (χ3v) is 4.64. The Hall–Kier alpha value is -3.79. The molecule has 2 aromatic carbocycles. The van der Waals surface area contributed by atoms with Crippen LogP contribution in [0.5, 0.6) is 17.2 Å². The predicted octanol–water partition coefficient (Wildman–Crippen LogP) is 2.96. The summed E-state index contributed by atoms with van der Waals surface area (Å²) in [6.45, 7) is 0.186. The first-order chi connectivity index (χ1) is 14.1. The number of nitrogens with two attached hydrogens (primary N) is 1. The summed E-state index contributed by atoms with van der Waals surface area (Å²) in [4.78, 5) is 4.37. The number of hydrogen-bond acceptors (Lipinski definition) is 9. The molecule has 3 heterocycles. The summed E-state index contributed by atoms with van der Waals surface area (Å²) in [7, 11) is 1.54. The van der Waals surface area contributed by atoms with Crippen molar-refractivity contribution in [1.29, 1.82) is 0 Å². The Morgan fingerprint density at radius 3 is 2.83 bits per heavy atom. The second-order valence-corrected chi connectivity index (χ2v) is 6.45. The van der Waals surface area contributed by atoms with Crippen molar-refractivity contribution in [1.82, 2.24) is 25.1 Å². The Bertz CT molecular complexity index is 1220. The molecule has 0 spiro atoms. The Labute approximate surface area is 168 Å². The summed E-state index contributed by atoms with van der Waals surface area (Å²) < 4.78 is 22.6. The normalized spacial score (nSPS) is 12.3. The fraction of sp³-hybridized carbons (Fsp3) is 0.111. The topological polar surface area (TPSA) is 123 Å². The van der Waals surface area contributed by atoms with E-state index in [0.29, 0.717) is 39.3 Å². The maximum atomic E-state index is 6.21. The lowest BCUT2D eigenvalue weighted by atomic mass is 10.2. The number of fused-ring (bicyclic) bond motifs is 1. The molecule has 4 aromatic rings. The molecule has 1 aliphatic heterocycles. The molecule has 0 radical (unpaired) electrons. The van der Waals surface area contributed by atoms with Gasteiger partial charge < -0.3 is 24.5 Å². The predicted molar refractivity (Wildman–Crippen MR) is 102 cm³/mol. The van der Waals surface area contributed by atoms with E-state index in [-0.39, 0.29) is 24.2 Å². The van der Waals surface area contributed by atoms with Gasteiger partial charge in [-0.05, 0) is 36.4 Å². The minimum Gasteiger partial charge on any atom is -0.495 e. The zero-order valence-corrected chi connectivity index (χ0v) is 15.8. The van der Waals surface area contributed by atoms with E-state index in [4.69, 9.17) is 36.1 Å². The number of anilines is 1. The third-order valence-electron chi connectivity index (χ3n) is 4.34. The molecule has 0 unspecified atom stereocenters. The van der Waals surface area contributed by atoms with Crippen molar-refractivity contribution in [3.63, 3.8) is 0 Å². The first-order valence-corrected chi connectivity index (χ1v) is 8.81. The summed E-state index contributed by atoms with van der Waals surface area (Å²) in [6.07, 6.45) is 0. The van der Waals surface area contributed by atoms with Crippen molar-refractivity contribution >= 4 is 17.4 Å². The number of halogens is 1. The molecule has 0 fully saturated rings. The Morgan fingerprint density at radius 2 is 2.00 bits per heavy atom. The fourth-order valence-corrected chi connectivity index (χ4v) is 3.14. The number of benzene rings is 2. The monoisotopic (exact) mass is 412 g/mol. The number of methoxy groups -OCH3 is 1. The Morgan fingerprint density at radius 1 is 1.14 bits per heavy atom. The van der Waals surface area contributed by atoms with Gasteiger partial charge in [0.2, 0.25) is 12.6 Å². The molecular weight excluding hydrogens is 400 g/mol. The average Bonchev–Trinajstić information content (AvgIpc) is 3.46. The van der Waals surface area contributed by atoms with Gasteiger partial charge in [0.15, 0.2) is 23.0 Å². The van der Waals surface area contributed by atoms with Crippen LogP contribution in [-0.4, -0.2) is 39.0 Å². The van der Waals surface area contributed by atoms with E-state index in [2.05, 4.69) is 20.5 Å². The van der Waals surface area contributed by atoms with Crippen LogP contribution in [0.1, 0.15) is 0 Å². The Balaban J connectivity index is 1.48. The number of aromatic nitrogens is 5. The highest BCUT2D eigenvalue weighted by molar-refractivity contribution is 6.32. The molecule has 1 aliphatic rings. The smallest absolute Gasteiger partial charge is 0.282 e. The van der Waals surface area contributed by atoms with Crippen molar-refractivity contribution in [3.8, 4) is 45.9 Å². The molecule has 146 valence electrons. The second-order valence-electron chi connectivity index (χ2n) is 6.05. The highest BCUT2D eigenvalue weighted by Crippen LogP contribution is 2.36. The number of ether oxygens (including phenoxy) is 3. The van der Waals surface area contributed by atoms with Gasteiger partial charge in [-0.15, -0.1) is 5.10 Å². The van der Waals surface area contributed by atoms with E-state index in [9.17, 15) is 0 Å². The highest BCUT2D eigenvalue weighted by Gasteiger charge is 2.21. The minimum absolute atomic E-state index is 0.140. The van der Waals surface area contributed by atoms with Gasteiger partial charge in [-0.2, -0.15) is 9.67 Å². The summed E-state index contributed by atoms with van der Waals surface area (Å²) in [5.41, 5.74) is 7.79. The summed E-state index contributed by atoms with van der Waals surface area (Å²) in [5, 5.41) is 12.6. The molecule has 29 heavy (non-hydrogen) atoms. The van der Waals surface area contributed by atoms with Gasteiger partial charge in [-0.25, -0.2) is 0 Å². The molecule has 0 bridgehead atoms. The zero-order valence-electron chi connectivity index (χ0n) is 15.0. The van der Waals surface area contributed by atoms with Crippen LogP contribution in [-0.2, 0) is 0 Å². The molecule has 10 nitrogen and oxygen atoms in total. The van der Waals surface area contributed by atoms with Crippen molar-refractivity contribution in [2.45, 2.75) is 0 Å². The molecule has 5 rings (SSSR count). The first kappa shape index (κ1) is 17.3. The average molecular weight is 413 g/mol. The molecule has 0 atom stereocenters. The molecule has 2 N–H and O–H groups in total. The van der Waals surface area contributed by atoms with E-state index < -0.39 is 0 Å². The van der Waals surface area contributed by atoms with E-state index in [1.807, 2.05) is 6.07 Å². The lowest BCUT2D eigenvalue weighted by Crippen LogP contribution is -2.02. The molecule has 0 saturated heterocycles. The van der Waals surface area contributed by atoms with Crippen LogP contribution in [0.25, 0.3) is 28.7 Å². The van der Waals surface area contributed by atoms with Crippen molar-refractivity contribution in [2.75, 3.05) is 19.6 Å². The SMILES string of the molecule is COc1ccc(-n2nnc(-c3nc(-c4ccc5c(c4)OCO5)no3)c2N)cc1Cl. The van der Waals surface area contributed by atoms with E-state index in [1.54, 1.807) is 30.3 Å². The fourth-order valence-electron chi connectivity index (χ4n) is 2.89. The summed E-state index contributed by atoms with van der Waals surface area (Å²) in [5.74, 6) is 2.56. The molecule has 2 aromatic heterocycles. The third kappa shape index (κ3) is 2.90. The lowest BCUT2D eigenvalue weighted by Gasteiger charge is -2.06. The largest absolute Gasteiger partial charge is 0.495 e. The van der Waals surface area contributed by atoms with Crippen LogP contribution < -0.4 is 19.9 Å². The van der Waals surface area contributed by atoms with Crippen molar-refractivity contribution in [2.24, 2.45) is 0 Å². The number of hydrogen-bond donors (Lipinski definition) is 1. The number of nitrogen functional groups attached to an aromatic ring is 1. The van der Waals surface area contributed by atoms with Crippen LogP contribution in [0.3, 0.4) is 0 Å². The van der Waals surface area contributed by atoms with E-state index >= 15 is 0 Å². The van der Waals surface area contributed by atoms with Crippen molar-refractivity contribution in [3.05, 3.63) is 41.4 Å².